The van der Waals surface area contributed by atoms with Gasteiger partial charge in [-0.05, 0) is 43.5 Å². The Morgan fingerprint density at radius 3 is 2.95 bits per heavy atom. The van der Waals surface area contributed by atoms with Gasteiger partial charge >= 0.3 is 5.97 Å². The standard InChI is InChI=1S/C15H17N3O2/c1-10-6-11(15(19)20)2-5-14(10)17-8-13-7-16-9-18(13)12-3-4-12/h2,5-7,9,12,17H,3-4,8H2,1H3,(H,19,20). The summed E-state index contributed by atoms with van der Waals surface area (Å²) in [6.45, 7) is 2.61. The third kappa shape index (κ3) is 2.52. The van der Waals surface area contributed by atoms with Crippen molar-refractivity contribution in [3.8, 4) is 0 Å². The molecule has 1 aliphatic carbocycles. The molecule has 20 heavy (non-hydrogen) atoms. The van der Waals surface area contributed by atoms with Gasteiger partial charge in [0.15, 0.2) is 0 Å². The van der Waals surface area contributed by atoms with Crippen LogP contribution in [0.4, 0.5) is 5.69 Å². The molecule has 5 heteroatoms. The molecule has 1 fully saturated rings. The third-order valence-corrected chi connectivity index (χ3v) is 3.62. The first-order valence-corrected chi connectivity index (χ1v) is 6.73. The lowest BCUT2D eigenvalue weighted by atomic mass is 10.1. The zero-order chi connectivity index (χ0) is 14.1. The van der Waals surface area contributed by atoms with Crippen LogP contribution < -0.4 is 5.32 Å². The summed E-state index contributed by atoms with van der Waals surface area (Å²) in [5.41, 5.74) is 3.37. The predicted molar refractivity (Wildman–Crippen MR) is 76.0 cm³/mol. The highest BCUT2D eigenvalue weighted by Gasteiger charge is 2.24. The molecule has 2 N–H and O–H groups in total. The maximum atomic E-state index is 10.9. The van der Waals surface area contributed by atoms with E-state index in [9.17, 15) is 4.79 Å². The summed E-state index contributed by atoms with van der Waals surface area (Å²) in [5.74, 6) is -0.897. The highest BCUT2D eigenvalue weighted by molar-refractivity contribution is 5.88. The summed E-state index contributed by atoms with van der Waals surface area (Å²) < 4.78 is 2.22. The van der Waals surface area contributed by atoms with Crippen LogP contribution in [0.1, 0.15) is 40.5 Å². The Hall–Kier alpha value is -2.30. The fraction of sp³-hybridized carbons (Fsp3) is 0.333. The summed E-state index contributed by atoms with van der Waals surface area (Å²) in [4.78, 5) is 15.1. The Morgan fingerprint density at radius 1 is 1.50 bits per heavy atom. The Labute approximate surface area is 117 Å². The summed E-state index contributed by atoms with van der Waals surface area (Å²) in [6.07, 6.45) is 6.23. The van der Waals surface area contributed by atoms with Crippen LogP contribution in [0.3, 0.4) is 0 Å². The van der Waals surface area contributed by atoms with Crippen LogP contribution in [-0.4, -0.2) is 20.6 Å². The second kappa shape index (κ2) is 5.00. The van der Waals surface area contributed by atoms with E-state index in [1.807, 2.05) is 25.5 Å². The van der Waals surface area contributed by atoms with Crippen molar-refractivity contribution >= 4 is 11.7 Å². The summed E-state index contributed by atoms with van der Waals surface area (Å²) >= 11 is 0. The van der Waals surface area contributed by atoms with Crippen LogP contribution in [0.5, 0.6) is 0 Å². The normalized spacial score (nSPS) is 14.2. The van der Waals surface area contributed by atoms with Crippen molar-refractivity contribution in [2.75, 3.05) is 5.32 Å². The van der Waals surface area contributed by atoms with Gasteiger partial charge in [0.1, 0.15) is 0 Å². The fourth-order valence-electron chi connectivity index (χ4n) is 2.33. The van der Waals surface area contributed by atoms with Gasteiger partial charge in [0, 0.05) is 17.9 Å². The molecular formula is C15H17N3O2. The number of nitrogens with zero attached hydrogens (tertiary/aromatic N) is 2. The number of hydrogen-bond donors (Lipinski definition) is 2. The molecule has 0 radical (unpaired) electrons. The lowest BCUT2D eigenvalue weighted by molar-refractivity contribution is 0.0697. The summed E-state index contributed by atoms with van der Waals surface area (Å²) in [7, 11) is 0. The molecule has 0 unspecified atom stereocenters. The van der Waals surface area contributed by atoms with Crippen molar-refractivity contribution < 1.29 is 9.90 Å². The second-order valence-corrected chi connectivity index (χ2v) is 5.21. The van der Waals surface area contributed by atoms with E-state index in [0.29, 0.717) is 18.2 Å². The number of hydrogen-bond acceptors (Lipinski definition) is 3. The van der Waals surface area contributed by atoms with E-state index in [-0.39, 0.29) is 0 Å². The van der Waals surface area contributed by atoms with Crippen molar-refractivity contribution in [3.05, 3.63) is 47.5 Å². The van der Waals surface area contributed by atoms with Gasteiger partial charge in [-0.1, -0.05) is 0 Å². The molecule has 5 nitrogen and oxygen atoms in total. The number of carbonyl (C=O) groups is 1. The van der Waals surface area contributed by atoms with Crippen molar-refractivity contribution in [1.82, 2.24) is 9.55 Å². The number of aromatic nitrogens is 2. The Balaban J connectivity index is 1.71. The van der Waals surface area contributed by atoms with Crippen LogP contribution in [-0.2, 0) is 6.54 Å². The highest BCUT2D eigenvalue weighted by Crippen LogP contribution is 2.35. The van der Waals surface area contributed by atoms with Gasteiger partial charge in [0.25, 0.3) is 0 Å². The van der Waals surface area contributed by atoms with E-state index < -0.39 is 5.97 Å². The average molecular weight is 271 g/mol. The molecule has 1 saturated carbocycles. The molecule has 0 bridgehead atoms. The van der Waals surface area contributed by atoms with Crippen LogP contribution in [0.25, 0.3) is 0 Å². The molecule has 1 aliphatic rings. The van der Waals surface area contributed by atoms with Gasteiger partial charge in [0.2, 0.25) is 0 Å². The molecule has 3 rings (SSSR count). The average Bonchev–Trinajstić information content (AvgIpc) is 3.16. The lowest BCUT2D eigenvalue weighted by Crippen LogP contribution is -2.07. The largest absolute Gasteiger partial charge is 0.478 e. The number of aromatic carboxylic acids is 1. The van der Waals surface area contributed by atoms with Crippen molar-refractivity contribution in [1.29, 1.82) is 0 Å². The van der Waals surface area contributed by atoms with E-state index in [1.54, 1.807) is 12.1 Å². The zero-order valence-electron chi connectivity index (χ0n) is 11.3. The summed E-state index contributed by atoms with van der Waals surface area (Å²) in [5, 5.41) is 12.3. The Bertz CT molecular complexity index is 644. The maximum Gasteiger partial charge on any atom is 0.335 e. The van der Waals surface area contributed by atoms with E-state index in [1.165, 1.54) is 12.8 Å². The molecule has 0 spiro atoms. The third-order valence-electron chi connectivity index (χ3n) is 3.62. The smallest absolute Gasteiger partial charge is 0.335 e. The minimum atomic E-state index is -0.897. The molecule has 0 aliphatic heterocycles. The molecule has 0 amide bonds. The van der Waals surface area contributed by atoms with E-state index >= 15 is 0 Å². The van der Waals surface area contributed by atoms with E-state index in [2.05, 4.69) is 14.9 Å². The number of benzene rings is 1. The monoisotopic (exact) mass is 271 g/mol. The number of anilines is 1. The first-order valence-electron chi connectivity index (χ1n) is 6.73. The van der Waals surface area contributed by atoms with E-state index in [4.69, 9.17) is 5.11 Å². The quantitative estimate of drug-likeness (QED) is 0.877. The SMILES string of the molecule is Cc1cc(C(=O)O)ccc1NCc1cncn1C1CC1. The van der Waals surface area contributed by atoms with Crippen molar-refractivity contribution in [3.63, 3.8) is 0 Å². The molecule has 1 aromatic heterocycles. The Morgan fingerprint density at radius 2 is 2.30 bits per heavy atom. The van der Waals surface area contributed by atoms with Crippen molar-refractivity contribution in [2.45, 2.75) is 32.4 Å². The van der Waals surface area contributed by atoms with E-state index in [0.717, 1.165) is 16.9 Å². The number of imidazole rings is 1. The molecule has 1 aromatic carbocycles. The van der Waals surface area contributed by atoms with Gasteiger partial charge in [-0.15, -0.1) is 0 Å². The number of nitrogens with one attached hydrogen (secondary N) is 1. The second-order valence-electron chi connectivity index (χ2n) is 5.21. The molecule has 1 heterocycles. The summed E-state index contributed by atoms with van der Waals surface area (Å²) in [6, 6.07) is 5.74. The fourth-order valence-corrected chi connectivity index (χ4v) is 2.33. The molecule has 2 aromatic rings. The predicted octanol–water partition coefficient (Wildman–Crippen LogP) is 2.84. The minimum absolute atomic E-state index is 0.316. The molecule has 104 valence electrons. The van der Waals surface area contributed by atoms with Crippen LogP contribution in [0.15, 0.2) is 30.7 Å². The first-order chi connectivity index (χ1) is 9.65. The molecule has 0 saturated heterocycles. The zero-order valence-corrected chi connectivity index (χ0v) is 11.3. The number of carboxylic acid groups (broad SMARTS) is 1. The van der Waals surface area contributed by atoms with Crippen molar-refractivity contribution in [2.24, 2.45) is 0 Å². The van der Waals surface area contributed by atoms with Crippen LogP contribution in [0, 0.1) is 6.92 Å². The van der Waals surface area contributed by atoms with Gasteiger partial charge < -0.3 is 15.0 Å². The Kier molecular flexibility index (Phi) is 3.18. The number of carboxylic acids is 1. The molecule has 0 atom stereocenters. The number of aryl methyl sites for hydroxylation is 1. The minimum Gasteiger partial charge on any atom is -0.478 e. The van der Waals surface area contributed by atoms with Crippen LogP contribution in [0.2, 0.25) is 0 Å². The van der Waals surface area contributed by atoms with Gasteiger partial charge in [0.05, 0.1) is 24.1 Å². The molecular weight excluding hydrogens is 254 g/mol. The van der Waals surface area contributed by atoms with Gasteiger partial charge in [-0.2, -0.15) is 0 Å². The van der Waals surface area contributed by atoms with Crippen LogP contribution >= 0.6 is 0 Å². The maximum absolute atomic E-state index is 10.9. The van der Waals surface area contributed by atoms with Gasteiger partial charge in [-0.3, -0.25) is 0 Å². The topological polar surface area (TPSA) is 67.2 Å². The number of rotatable bonds is 5. The van der Waals surface area contributed by atoms with Gasteiger partial charge in [-0.25, -0.2) is 9.78 Å². The first kappa shape index (κ1) is 12.7. The highest BCUT2D eigenvalue weighted by atomic mass is 16.4. The lowest BCUT2D eigenvalue weighted by Gasteiger charge is -2.11.